The van der Waals surface area contributed by atoms with Gasteiger partial charge in [0.2, 0.25) is 5.91 Å². The Bertz CT molecular complexity index is 832. The fourth-order valence-corrected chi connectivity index (χ4v) is 6.25. The second-order valence-corrected chi connectivity index (χ2v) is 9.21. The van der Waals surface area contributed by atoms with Crippen molar-refractivity contribution >= 4 is 22.8 Å². The number of benzene rings is 1. The van der Waals surface area contributed by atoms with Gasteiger partial charge < -0.3 is 15.1 Å². The molecule has 4 bridgehead atoms. The summed E-state index contributed by atoms with van der Waals surface area (Å²) >= 11 is 0. The third kappa shape index (κ3) is 3.21. The average molecular weight is 380 g/mol. The molecule has 0 atom stereocenters. The molecule has 1 aromatic heterocycles. The number of para-hydroxylation sites is 1. The molecule has 4 saturated carbocycles. The minimum atomic E-state index is -0.205. The van der Waals surface area contributed by atoms with Gasteiger partial charge in [-0.25, -0.2) is 0 Å². The molecule has 0 spiro atoms. The standard InChI is InChI=1S/C23H28N2O3/c26-21(20-11-18-4-1-2-5-19(18)28-20)24-6-3-7-25-22(27)23-12-15-8-16(13-23)10-17(9-15)14-23/h1-2,4-5,11,15-17H,3,6-10,12-14H2,(H,24,26)(H,25,27). The largest absolute Gasteiger partial charge is 0.451 e. The molecule has 2 aromatic rings. The number of carbonyl (C=O) groups excluding carboxylic acids is 2. The van der Waals surface area contributed by atoms with Crippen LogP contribution < -0.4 is 10.6 Å². The minimum Gasteiger partial charge on any atom is -0.451 e. The maximum atomic E-state index is 12.9. The second kappa shape index (κ2) is 6.94. The van der Waals surface area contributed by atoms with E-state index in [2.05, 4.69) is 10.6 Å². The SMILES string of the molecule is O=C(NCCCNC(=O)C12CC3CC(CC(C3)C1)C2)c1cc2ccccc2o1. The molecule has 0 aliphatic heterocycles. The first-order chi connectivity index (χ1) is 13.6. The lowest BCUT2D eigenvalue weighted by Crippen LogP contribution is -2.53. The van der Waals surface area contributed by atoms with Crippen molar-refractivity contribution in [1.82, 2.24) is 10.6 Å². The fourth-order valence-electron chi connectivity index (χ4n) is 6.25. The van der Waals surface area contributed by atoms with Crippen LogP contribution in [0.15, 0.2) is 34.7 Å². The van der Waals surface area contributed by atoms with Crippen molar-refractivity contribution in [2.75, 3.05) is 13.1 Å². The lowest BCUT2D eigenvalue weighted by molar-refractivity contribution is -0.146. The number of fused-ring (bicyclic) bond motifs is 1. The van der Waals surface area contributed by atoms with Gasteiger partial charge in [-0.3, -0.25) is 9.59 Å². The van der Waals surface area contributed by atoms with E-state index in [4.69, 9.17) is 4.42 Å². The highest BCUT2D eigenvalue weighted by Crippen LogP contribution is 2.60. The van der Waals surface area contributed by atoms with Crippen LogP contribution in [0.5, 0.6) is 0 Å². The van der Waals surface area contributed by atoms with Crippen LogP contribution in [0.25, 0.3) is 11.0 Å². The molecule has 0 unspecified atom stereocenters. The summed E-state index contributed by atoms with van der Waals surface area (Å²) in [6, 6.07) is 9.35. The summed E-state index contributed by atoms with van der Waals surface area (Å²) in [4.78, 5) is 25.1. The van der Waals surface area contributed by atoms with Crippen molar-refractivity contribution in [2.24, 2.45) is 23.2 Å². The third-order valence-corrected chi connectivity index (χ3v) is 7.09. The number of amides is 2. The molecule has 5 heteroatoms. The monoisotopic (exact) mass is 380 g/mol. The highest BCUT2D eigenvalue weighted by Gasteiger charge is 2.54. The number of nitrogens with one attached hydrogen (secondary N) is 2. The molecule has 148 valence electrons. The van der Waals surface area contributed by atoms with Crippen LogP contribution in [-0.4, -0.2) is 24.9 Å². The smallest absolute Gasteiger partial charge is 0.287 e. The number of furan rings is 1. The van der Waals surface area contributed by atoms with Gasteiger partial charge in [-0.15, -0.1) is 0 Å². The Morgan fingerprint density at radius 2 is 1.61 bits per heavy atom. The van der Waals surface area contributed by atoms with E-state index < -0.39 is 0 Å². The zero-order chi connectivity index (χ0) is 19.1. The van der Waals surface area contributed by atoms with Crippen LogP contribution in [0.1, 0.15) is 55.5 Å². The van der Waals surface area contributed by atoms with Crippen LogP contribution in [0.4, 0.5) is 0 Å². The summed E-state index contributed by atoms with van der Waals surface area (Å²) in [6.45, 7) is 1.14. The molecule has 6 rings (SSSR count). The van der Waals surface area contributed by atoms with Crippen molar-refractivity contribution in [2.45, 2.75) is 44.9 Å². The fraction of sp³-hybridized carbons (Fsp3) is 0.565. The Labute approximate surface area is 165 Å². The van der Waals surface area contributed by atoms with Crippen LogP contribution in [0, 0.1) is 23.2 Å². The predicted octanol–water partition coefficient (Wildman–Crippen LogP) is 3.89. The maximum absolute atomic E-state index is 12.9. The Kier molecular flexibility index (Phi) is 4.41. The van der Waals surface area contributed by atoms with E-state index >= 15 is 0 Å². The van der Waals surface area contributed by atoms with Crippen molar-refractivity contribution in [1.29, 1.82) is 0 Å². The summed E-state index contributed by atoms with van der Waals surface area (Å²) in [5.74, 6) is 2.72. The molecule has 2 amide bonds. The molecule has 4 fully saturated rings. The highest BCUT2D eigenvalue weighted by atomic mass is 16.3. The molecule has 5 nitrogen and oxygen atoms in total. The summed E-state index contributed by atoms with van der Waals surface area (Å²) in [7, 11) is 0. The van der Waals surface area contributed by atoms with Crippen molar-refractivity contribution in [3.8, 4) is 0 Å². The lowest BCUT2D eigenvalue weighted by Gasteiger charge is -2.55. The van der Waals surface area contributed by atoms with E-state index in [1.54, 1.807) is 6.07 Å². The number of hydrogen-bond acceptors (Lipinski definition) is 3. The second-order valence-electron chi connectivity index (χ2n) is 9.21. The minimum absolute atomic E-state index is 0.0910. The van der Waals surface area contributed by atoms with Gasteiger partial charge in [0.1, 0.15) is 5.58 Å². The van der Waals surface area contributed by atoms with Gasteiger partial charge in [0.25, 0.3) is 5.91 Å². The molecular formula is C23H28N2O3. The predicted molar refractivity (Wildman–Crippen MR) is 107 cm³/mol. The van der Waals surface area contributed by atoms with E-state index in [1.807, 2.05) is 24.3 Å². The van der Waals surface area contributed by atoms with Crippen LogP contribution in [-0.2, 0) is 4.79 Å². The molecular weight excluding hydrogens is 352 g/mol. The van der Waals surface area contributed by atoms with Crippen molar-refractivity contribution in [3.05, 3.63) is 36.1 Å². The topological polar surface area (TPSA) is 71.3 Å². The number of rotatable bonds is 6. The summed E-state index contributed by atoms with van der Waals surface area (Å²) in [6.07, 6.45) is 8.04. The van der Waals surface area contributed by atoms with E-state index in [9.17, 15) is 9.59 Å². The Morgan fingerprint density at radius 3 is 2.29 bits per heavy atom. The van der Waals surface area contributed by atoms with Gasteiger partial charge in [0, 0.05) is 23.9 Å². The van der Waals surface area contributed by atoms with Gasteiger partial charge in [-0.2, -0.15) is 0 Å². The first kappa shape index (κ1) is 17.8. The van der Waals surface area contributed by atoms with E-state index in [1.165, 1.54) is 19.3 Å². The molecule has 28 heavy (non-hydrogen) atoms. The van der Waals surface area contributed by atoms with Crippen molar-refractivity contribution < 1.29 is 14.0 Å². The average Bonchev–Trinajstić information content (AvgIpc) is 3.10. The maximum Gasteiger partial charge on any atom is 0.287 e. The normalized spacial score (nSPS) is 30.5. The lowest BCUT2D eigenvalue weighted by atomic mass is 9.49. The number of carbonyl (C=O) groups is 2. The molecule has 2 N–H and O–H groups in total. The Hall–Kier alpha value is -2.30. The first-order valence-electron chi connectivity index (χ1n) is 10.7. The van der Waals surface area contributed by atoms with Gasteiger partial charge in [-0.1, -0.05) is 18.2 Å². The summed E-state index contributed by atoms with van der Waals surface area (Å²) in [5.41, 5.74) is 0.627. The van der Waals surface area contributed by atoms with Gasteiger partial charge >= 0.3 is 0 Å². The molecule has 4 aliphatic carbocycles. The summed E-state index contributed by atoms with van der Waals surface area (Å²) < 4.78 is 5.58. The van der Waals surface area contributed by atoms with E-state index in [0.717, 1.165) is 54.4 Å². The Balaban J connectivity index is 1.08. The molecule has 4 aliphatic rings. The molecule has 0 saturated heterocycles. The van der Waals surface area contributed by atoms with Gasteiger partial charge in [-0.05, 0) is 74.8 Å². The highest BCUT2D eigenvalue weighted by molar-refractivity contribution is 5.96. The van der Waals surface area contributed by atoms with Crippen LogP contribution in [0.3, 0.4) is 0 Å². The Morgan fingerprint density at radius 1 is 0.964 bits per heavy atom. The molecule has 1 heterocycles. The quantitative estimate of drug-likeness (QED) is 0.747. The van der Waals surface area contributed by atoms with Gasteiger partial charge in [0.15, 0.2) is 5.76 Å². The first-order valence-corrected chi connectivity index (χ1v) is 10.7. The van der Waals surface area contributed by atoms with E-state index in [-0.39, 0.29) is 17.2 Å². The van der Waals surface area contributed by atoms with E-state index in [0.29, 0.717) is 18.8 Å². The molecule has 0 radical (unpaired) electrons. The zero-order valence-electron chi connectivity index (χ0n) is 16.2. The summed E-state index contributed by atoms with van der Waals surface area (Å²) in [5, 5.41) is 6.97. The third-order valence-electron chi connectivity index (χ3n) is 7.09. The van der Waals surface area contributed by atoms with Crippen molar-refractivity contribution in [3.63, 3.8) is 0 Å². The number of hydrogen-bond donors (Lipinski definition) is 2. The van der Waals surface area contributed by atoms with Gasteiger partial charge in [0.05, 0.1) is 0 Å². The zero-order valence-corrected chi connectivity index (χ0v) is 16.2. The van der Waals surface area contributed by atoms with Crippen LogP contribution in [0.2, 0.25) is 0 Å². The van der Waals surface area contributed by atoms with Crippen LogP contribution >= 0.6 is 0 Å². The molecule has 1 aromatic carbocycles.